The van der Waals surface area contributed by atoms with Gasteiger partial charge < -0.3 is 23.8 Å². The Hall–Kier alpha value is -2.70. The molecule has 12 heteroatoms. The molecule has 8 nitrogen and oxygen atoms in total. The fraction of sp³-hybridized carbons (Fsp3) is 0.567. The Morgan fingerprint density at radius 2 is 1.93 bits per heavy atom. The number of ether oxygens (including phenoxy) is 4. The average Bonchev–Trinajstić information content (AvgIpc) is 3.57. The summed E-state index contributed by atoms with van der Waals surface area (Å²) in [6, 6.07) is 6.47. The molecule has 0 radical (unpaired) electrons. The molecule has 2 aliphatic rings. The molecular weight excluding hydrogens is 621 g/mol. The molecule has 2 aromatic rings. The van der Waals surface area contributed by atoms with Crippen LogP contribution in [0.3, 0.4) is 0 Å². The standard InChI is InChI=1S/C30H36BrF3N2O6/c1-6-40-28(38)24-22(29(2,3)4)25(42-16-18-13-19(30(32,33)34)15-35-26(18)39-5)23(17-9-7-10-20(31)14-17)36(24)27(37)21-11-8-12-41-21/h7,9-10,13-15,21-25H,6,8,11-12,16H2,1-5H3/t21-,22+,23-,24-,25-/m0/s1. The number of nitrogens with zero attached hydrogens (tertiary/aromatic N) is 2. The van der Waals surface area contributed by atoms with Gasteiger partial charge >= 0.3 is 12.1 Å². The molecular formula is C30H36BrF3N2O6. The van der Waals surface area contributed by atoms with Gasteiger partial charge in [0.1, 0.15) is 12.1 Å². The second-order valence-electron chi connectivity index (χ2n) is 11.5. The summed E-state index contributed by atoms with van der Waals surface area (Å²) in [6.45, 7) is 7.73. The van der Waals surface area contributed by atoms with E-state index >= 15 is 0 Å². The molecule has 0 N–H and O–H groups in total. The molecule has 42 heavy (non-hydrogen) atoms. The number of aromatic nitrogens is 1. The number of hydrogen-bond donors (Lipinski definition) is 0. The Balaban J connectivity index is 1.86. The third-order valence-electron chi connectivity index (χ3n) is 7.66. The van der Waals surface area contributed by atoms with Crippen molar-refractivity contribution in [2.45, 2.75) is 77.6 Å². The number of alkyl halides is 3. The third-order valence-corrected chi connectivity index (χ3v) is 8.15. The van der Waals surface area contributed by atoms with E-state index in [4.69, 9.17) is 18.9 Å². The molecule has 5 atom stereocenters. The lowest BCUT2D eigenvalue weighted by molar-refractivity contribution is -0.160. The van der Waals surface area contributed by atoms with E-state index in [1.165, 1.54) is 12.0 Å². The van der Waals surface area contributed by atoms with Crippen LogP contribution in [0.4, 0.5) is 13.2 Å². The summed E-state index contributed by atoms with van der Waals surface area (Å²) >= 11 is 3.51. The van der Waals surface area contributed by atoms with Gasteiger partial charge in [-0.25, -0.2) is 9.78 Å². The Bertz CT molecular complexity index is 1280. The van der Waals surface area contributed by atoms with Crippen molar-refractivity contribution in [3.8, 4) is 5.88 Å². The molecule has 2 aliphatic heterocycles. The maximum Gasteiger partial charge on any atom is 0.417 e. The summed E-state index contributed by atoms with van der Waals surface area (Å²) in [5.74, 6) is -1.54. The van der Waals surface area contributed by atoms with Gasteiger partial charge in [0.15, 0.2) is 0 Å². The lowest BCUT2D eigenvalue weighted by Gasteiger charge is -2.35. The second-order valence-corrected chi connectivity index (χ2v) is 12.4. The molecule has 0 bridgehead atoms. The fourth-order valence-corrected chi connectivity index (χ4v) is 6.33. The predicted octanol–water partition coefficient (Wildman–Crippen LogP) is 6.11. The van der Waals surface area contributed by atoms with Crippen LogP contribution in [0.15, 0.2) is 41.0 Å². The molecule has 0 unspecified atom stereocenters. The predicted molar refractivity (Wildman–Crippen MR) is 150 cm³/mol. The number of halogens is 4. The lowest BCUT2D eigenvalue weighted by atomic mass is 9.73. The lowest BCUT2D eigenvalue weighted by Crippen LogP contribution is -2.50. The van der Waals surface area contributed by atoms with Crippen molar-refractivity contribution >= 4 is 27.8 Å². The molecule has 0 spiro atoms. The maximum atomic E-state index is 14.2. The van der Waals surface area contributed by atoms with E-state index in [1.54, 1.807) is 6.92 Å². The summed E-state index contributed by atoms with van der Waals surface area (Å²) in [7, 11) is 1.32. The highest BCUT2D eigenvalue weighted by atomic mass is 79.9. The van der Waals surface area contributed by atoms with Gasteiger partial charge in [0.2, 0.25) is 5.88 Å². The van der Waals surface area contributed by atoms with Crippen LogP contribution >= 0.6 is 15.9 Å². The van der Waals surface area contributed by atoms with Crippen molar-refractivity contribution < 1.29 is 41.7 Å². The van der Waals surface area contributed by atoms with Gasteiger partial charge in [0, 0.05) is 28.8 Å². The van der Waals surface area contributed by atoms with Crippen LogP contribution in [0.2, 0.25) is 0 Å². The minimum Gasteiger partial charge on any atom is -0.481 e. The average molecular weight is 658 g/mol. The summed E-state index contributed by atoms with van der Waals surface area (Å²) in [6.07, 6.45) is -4.25. The third kappa shape index (κ3) is 6.75. The molecule has 2 saturated heterocycles. The van der Waals surface area contributed by atoms with E-state index < -0.39 is 53.3 Å². The summed E-state index contributed by atoms with van der Waals surface area (Å²) in [5, 5.41) is 0. The van der Waals surface area contributed by atoms with Gasteiger partial charge in [-0.1, -0.05) is 48.8 Å². The van der Waals surface area contributed by atoms with Crippen LogP contribution in [0.5, 0.6) is 5.88 Å². The van der Waals surface area contributed by atoms with Crippen LogP contribution in [0, 0.1) is 11.3 Å². The van der Waals surface area contributed by atoms with Gasteiger partial charge in [0.05, 0.1) is 38.0 Å². The maximum absolute atomic E-state index is 14.2. The van der Waals surface area contributed by atoms with Gasteiger partial charge in [-0.05, 0) is 48.9 Å². The van der Waals surface area contributed by atoms with Gasteiger partial charge in [0.25, 0.3) is 5.91 Å². The van der Waals surface area contributed by atoms with Gasteiger partial charge in [-0.3, -0.25) is 4.79 Å². The first-order valence-corrected chi connectivity index (χ1v) is 14.6. The van der Waals surface area contributed by atoms with Crippen molar-refractivity contribution in [2.24, 2.45) is 11.3 Å². The monoisotopic (exact) mass is 656 g/mol. The van der Waals surface area contributed by atoms with Crippen molar-refractivity contribution in [1.82, 2.24) is 9.88 Å². The zero-order valence-corrected chi connectivity index (χ0v) is 25.8. The summed E-state index contributed by atoms with van der Waals surface area (Å²) in [4.78, 5) is 33.2. The topological polar surface area (TPSA) is 87.2 Å². The highest BCUT2D eigenvalue weighted by Gasteiger charge is 2.60. The molecule has 4 rings (SSSR count). The number of pyridine rings is 1. The van der Waals surface area contributed by atoms with Crippen molar-refractivity contribution in [3.63, 3.8) is 0 Å². The van der Waals surface area contributed by atoms with E-state index in [0.29, 0.717) is 31.2 Å². The summed E-state index contributed by atoms with van der Waals surface area (Å²) in [5.41, 5.74) is -0.766. The molecule has 3 heterocycles. The quantitative estimate of drug-likeness (QED) is 0.317. The molecule has 230 valence electrons. The molecule has 1 aromatic carbocycles. The zero-order valence-electron chi connectivity index (χ0n) is 24.2. The van der Waals surface area contributed by atoms with Crippen LogP contribution in [-0.2, 0) is 36.6 Å². The summed E-state index contributed by atoms with van der Waals surface area (Å²) < 4.78 is 64.4. The van der Waals surface area contributed by atoms with E-state index in [2.05, 4.69) is 20.9 Å². The molecule has 0 aliphatic carbocycles. The number of rotatable bonds is 8. The number of carbonyl (C=O) groups excluding carboxylic acids is 2. The first kappa shape index (κ1) is 32.2. The second kappa shape index (κ2) is 12.9. The number of methoxy groups -OCH3 is 1. The smallest absolute Gasteiger partial charge is 0.417 e. The van der Waals surface area contributed by atoms with E-state index in [9.17, 15) is 22.8 Å². The first-order chi connectivity index (χ1) is 19.8. The first-order valence-electron chi connectivity index (χ1n) is 13.9. The minimum absolute atomic E-state index is 0.0125. The van der Waals surface area contributed by atoms with Crippen molar-refractivity contribution in [3.05, 3.63) is 57.7 Å². The highest BCUT2D eigenvalue weighted by Crippen LogP contribution is 2.51. The number of carbonyl (C=O) groups is 2. The van der Waals surface area contributed by atoms with Crippen molar-refractivity contribution in [1.29, 1.82) is 0 Å². The fourth-order valence-electron chi connectivity index (χ4n) is 5.91. The van der Waals surface area contributed by atoms with Crippen LogP contribution in [0.1, 0.15) is 63.3 Å². The molecule has 0 saturated carbocycles. The normalized spacial score (nSPS) is 24.6. The Labute approximate surface area is 252 Å². The highest BCUT2D eigenvalue weighted by molar-refractivity contribution is 9.10. The van der Waals surface area contributed by atoms with Crippen LogP contribution in [0.25, 0.3) is 0 Å². The van der Waals surface area contributed by atoms with Gasteiger partial charge in [-0.2, -0.15) is 13.2 Å². The van der Waals surface area contributed by atoms with Crippen molar-refractivity contribution in [2.75, 3.05) is 20.3 Å². The van der Waals surface area contributed by atoms with Crippen LogP contribution in [-0.4, -0.2) is 60.3 Å². The number of benzene rings is 1. The Morgan fingerprint density at radius 3 is 2.50 bits per heavy atom. The molecule has 1 aromatic heterocycles. The molecule has 1 amide bonds. The van der Waals surface area contributed by atoms with E-state index in [1.807, 2.05) is 45.0 Å². The largest absolute Gasteiger partial charge is 0.481 e. The van der Waals surface area contributed by atoms with E-state index in [-0.39, 0.29) is 30.6 Å². The Kier molecular flexibility index (Phi) is 9.89. The zero-order chi connectivity index (χ0) is 30.8. The number of hydrogen-bond acceptors (Lipinski definition) is 7. The van der Waals surface area contributed by atoms with Gasteiger partial charge in [-0.15, -0.1) is 0 Å². The Morgan fingerprint density at radius 1 is 1.19 bits per heavy atom. The number of amides is 1. The SMILES string of the molecule is CCOC(=O)[C@@H]1[C@@H](C(C)(C)C)[C@H](OCc2cc(C(F)(F)F)cnc2OC)[C@H](c2cccc(Br)c2)N1C(=O)[C@@H]1CCCO1. The van der Waals surface area contributed by atoms with Crippen LogP contribution < -0.4 is 4.74 Å². The minimum atomic E-state index is -4.62. The number of esters is 1. The molecule has 2 fully saturated rings. The number of likely N-dealkylation sites (tertiary alicyclic amines) is 1. The van der Waals surface area contributed by atoms with E-state index in [0.717, 1.165) is 10.5 Å².